The highest BCUT2D eigenvalue weighted by Gasteiger charge is 2.31. The molecule has 1 aliphatic rings. The molecule has 0 unspecified atom stereocenters. The molecule has 0 aromatic heterocycles. The van der Waals surface area contributed by atoms with Gasteiger partial charge in [0.25, 0.3) is 0 Å². The number of allylic oxidation sites excluding steroid dienone is 1. The summed E-state index contributed by atoms with van der Waals surface area (Å²) in [6.07, 6.45) is 0. The van der Waals surface area contributed by atoms with Gasteiger partial charge in [-0.2, -0.15) is 0 Å². The highest BCUT2D eigenvalue weighted by molar-refractivity contribution is 7.80. The lowest BCUT2D eigenvalue weighted by Crippen LogP contribution is -2.45. The highest BCUT2D eigenvalue weighted by atomic mass is 32.1. The molecule has 0 saturated heterocycles. The second kappa shape index (κ2) is 8.52. The number of ether oxygens (including phenoxy) is 4. The SMILES string of the molecule is COC(=O)COc1ccc([C@@H]2NC(=S)NC(C)=C2C(=O)OC)cc1OC. The van der Waals surface area contributed by atoms with Crippen LogP contribution in [0.2, 0.25) is 0 Å². The van der Waals surface area contributed by atoms with Crippen molar-refractivity contribution in [3.8, 4) is 11.5 Å². The van der Waals surface area contributed by atoms with Crippen LogP contribution in [0.4, 0.5) is 0 Å². The monoisotopic (exact) mass is 380 g/mol. The molecule has 1 aliphatic heterocycles. The Morgan fingerprint density at radius 1 is 1.15 bits per heavy atom. The van der Waals surface area contributed by atoms with Crippen molar-refractivity contribution in [2.75, 3.05) is 27.9 Å². The molecule has 9 heteroatoms. The first-order valence-corrected chi connectivity index (χ1v) is 8.06. The number of benzene rings is 1. The minimum atomic E-state index is -0.514. The van der Waals surface area contributed by atoms with Crippen LogP contribution in [0, 0.1) is 0 Å². The Morgan fingerprint density at radius 3 is 2.50 bits per heavy atom. The van der Waals surface area contributed by atoms with Crippen LogP contribution in [0.3, 0.4) is 0 Å². The molecule has 1 aromatic rings. The van der Waals surface area contributed by atoms with E-state index in [9.17, 15) is 9.59 Å². The number of rotatable bonds is 6. The maximum atomic E-state index is 12.2. The summed E-state index contributed by atoms with van der Waals surface area (Å²) in [6, 6.07) is 4.58. The van der Waals surface area contributed by atoms with Gasteiger partial charge in [0.15, 0.2) is 23.2 Å². The van der Waals surface area contributed by atoms with E-state index in [1.54, 1.807) is 25.1 Å². The summed E-state index contributed by atoms with van der Waals surface area (Å²) in [5, 5.41) is 6.36. The van der Waals surface area contributed by atoms with Crippen LogP contribution in [0.25, 0.3) is 0 Å². The summed E-state index contributed by atoms with van der Waals surface area (Å²) < 4.78 is 20.2. The Bertz CT molecular complexity index is 762. The van der Waals surface area contributed by atoms with E-state index in [4.69, 9.17) is 26.4 Å². The lowest BCUT2D eigenvalue weighted by atomic mass is 9.95. The van der Waals surface area contributed by atoms with E-state index in [-0.39, 0.29) is 6.61 Å². The molecule has 140 valence electrons. The number of carbonyl (C=O) groups is 2. The van der Waals surface area contributed by atoms with Gasteiger partial charge in [0.2, 0.25) is 0 Å². The molecule has 0 saturated carbocycles. The van der Waals surface area contributed by atoms with E-state index in [1.165, 1.54) is 21.3 Å². The second-order valence-electron chi connectivity index (χ2n) is 5.34. The molecule has 0 bridgehead atoms. The third kappa shape index (κ3) is 4.23. The summed E-state index contributed by atoms with van der Waals surface area (Å²) in [5.41, 5.74) is 1.73. The van der Waals surface area contributed by atoms with Crippen molar-refractivity contribution in [1.29, 1.82) is 0 Å². The quantitative estimate of drug-likeness (QED) is 0.558. The lowest BCUT2D eigenvalue weighted by Gasteiger charge is -2.29. The maximum absolute atomic E-state index is 12.2. The van der Waals surface area contributed by atoms with Gasteiger partial charge in [0.1, 0.15) is 0 Å². The van der Waals surface area contributed by atoms with Gasteiger partial charge >= 0.3 is 11.9 Å². The summed E-state index contributed by atoms with van der Waals surface area (Å²) >= 11 is 5.19. The molecule has 1 atom stereocenters. The molecule has 8 nitrogen and oxygen atoms in total. The minimum Gasteiger partial charge on any atom is -0.493 e. The van der Waals surface area contributed by atoms with E-state index >= 15 is 0 Å². The average molecular weight is 380 g/mol. The van der Waals surface area contributed by atoms with Crippen LogP contribution in [-0.2, 0) is 19.1 Å². The van der Waals surface area contributed by atoms with Gasteiger partial charge < -0.3 is 29.6 Å². The number of hydrogen-bond acceptors (Lipinski definition) is 7. The van der Waals surface area contributed by atoms with Crippen LogP contribution < -0.4 is 20.1 Å². The van der Waals surface area contributed by atoms with Crippen molar-refractivity contribution in [2.24, 2.45) is 0 Å². The maximum Gasteiger partial charge on any atom is 0.343 e. The van der Waals surface area contributed by atoms with Crippen molar-refractivity contribution < 1.29 is 28.5 Å². The van der Waals surface area contributed by atoms with Crippen molar-refractivity contribution >= 4 is 29.3 Å². The second-order valence-corrected chi connectivity index (χ2v) is 5.75. The van der Waals surface area contributed by atoms with E-state index in [2.05, 4.69) is 15.4 Å². The van der Waals surface area contributed by atoms with Gasteiger partial charge in [-0.3, -0.25) is 0 Å². The number of thiocarbonyl (C=S) groups is 1. The van der Waals surface area contributed by atoms with Gasteiger partial charge in [0, 0.05) is 5.70 Å². The molecular weight excluding hydrogens is 360 g/mol. The fraction of sp³-hybridized carbons (Fsp3) is 0.353. The van der Waals surface area contributed by atoms with E-state index in [1.807, 2.05) is 0 Å². The fourth-order valence-corrected chi connectivity index (χ4v) is 2.77. The summed E-state index contributed by atoms with van der Waals surface area (Å²) in [6.45, 7) is 1.51. The van der Waals surface area contributed by atoms with Gasteiger partial charge in [-0.15, -0.1) is 0 Å². The number of esters is 2. The zero-order chi connectivity index (χ0) is 19.3. The zero-order valence-electron chi connectivity index (χ0n) is 14.9. The van der Waals surface area contributed by atoms with Crippen molar-refractivity contribution in [3.05, 3.63) is 35.0 Å². The molecule has 0 amide bonds. The predicted octanol–water partition coefficient (Wildman–Crippen LogP) is 1.21. The first kappa shape index (κ1) is 19.5. The number of hydrogen-bond donors (Lipinski definition) is 2. The smallest absolute Gasteiger partial charge is 0.343 e. The van der Waals surface area contributed by atoms with E-state index in [0.717, 1.165) is 5.56 Å². The van der Waals surface area contributed by atoms with Gasteiger partial charge in [-0.05, 0) is 36.8 Å². The Hall–Kier alpha value is -2.81. The highest BCUT2D eigenvalue weighted by Crippen LogP contribution is 2.34. The summed E-state index contributed by atoms with van der Waals surface area (Å²) in [4.78, 5) is 23.4. The van der Waals surface area contributed by atoms with E-state index in [0.29, 0.717) is 27.9 Å². The van der Waals surface area contributed by atoms with Crippen LogP contribution in [0.5, 0.6) is 11.5 Å². The molecule has 0 spiro atoms. The van der Waals surface area contributed by atoms with Gasteiger partial charge in [0.05, 0.1) is 32.9 Å². The predicted molar refractivity (Wildman–Crippen MR) is 96.8 cm³/mol. The summed E-state index contributed by atoms with van der Waals surface area (Å²) in [7, 11) is 4.07. The van der Waals surface area contributed by atoms with Gasteiger partial charge in [-0.1, -0.05) is 6.07 Å². The molecule has 0 radical (unpaired) electrons. The molecule has 0 aliphatic carbocycles. The van der Waals surface area contributed by atoms with Crippen LogP contribution in [-0.4, -0.2) is 45.0 Å². The topological polar surface area (TPSA) is 95.1 Å². The molecular formula is C17H20N2O6S. The first-order valence-electron chi connectivity index (χ1n) is 7.65. The van der Waals surface area contributed by atoms with Crippen molar-refractivity contribution in [3.63, 3.8) is 0 Å². The standard InChI is InChI=1S/C17H20N2O6S/c1-9-14(16(21)24-4)15(19-17(26)18-9)10-5-6-11(12(7-10)22-2)25-8-13(20)23-3/h5-7,15H,8H2,1-4H3,(H2,18,19,26)/t15-/m0/s1. The van der Waals surface area contributed by atoms with Crippen molar-refractivity contribution in [1.82, 2.24) is 10.6 Å². The first-order chi connectivity index (χ1) is 12.4. The molecule has 26 heavy (non-hydrogen) atoms. The number of methoxy groups -OCH3 is 3. The molecule has 2 rings (SSSR count). The average Bonchev–Trinajstić information content (AvgIpc) is 2.64. The normalized spacial score (nSPS) is 16.3. The Morgan fingerprint density at radius 2 is 1.88 bits per heavy atom. The Kier molecular flexibility index (Phi) is 6.40. The zero-order valence-corrected chi connectivity index (χ0v) is 15.7. The fourth-order valence-electron chi connectivity index (χ4n) is 2.50. The number of nitrogens with one attached hydrogen (secondary N) is 2. The van der Waals surface area contributed by atoms with Crippen LogP contribution >= 0.6 is 12.2 Å². The Balaban J connectivity index is 2.37. The van der Waals surface area contributed by atoms with Crippen LogP contribution in [0.1, 0.15) is 18.5 Å². The van der Waals surface area contributed by atoms with Gasteiger partial charge in [-0.25, -0.2) is 9.59 Å². The van der Waals surface area contributed by atoms with E-state index < -0.39 is 18.0 Å². The Labute approximate surface area is 156 Å². The molecule has 1 heterocycles. The summed E-state index contributed by atoms with van der Waals surface area (Å²) in [5.74, 6) is -0.203. The number of carbonyl (C=O) groups excluding carboxylic acids is 2. The molecule has 2 N–H and O–H groups in total. The largest absolute Gasteiger partial charge is 0.493 e. The third-order valence-corrected chi connectivity index (χ3v) is 3.99. The lowest BCUT2D eigenvalue weighted by molar-refractivity contribution is -0.143. The van der Waals surface area contributed by atoms with Crippen molar-refractivity contribution in [2.45, 2.75) is 13.0 Å². The minimum absolute atomic E-state index is 0.242. The molecule has 1 aromatic carbocycles. The third-order valence-electron chi connectivity index (χ3n) is 3.77. The van der Waals surface area contributed by atoms with Crippen LogP contribution in [0.15, 0.2) is 29.5 Å². The molecule has 0 fully saturated rings.